The van der Waals surface area contributed by atoms with E-state index in [4.69, 9.17) is 0 Å². The highest BCUT2D eigenvalue weighted by Gasteiger charge is 2.45. The Kier molecular flexibility index (Phi) is 3.43. The molecule has 0 amide bonds. The van der Waals surface area contributed by atoms with Gasteiger partial charge in [0.15, 0.2) is 0 Å². The van der Waals surface area contributed by atoms with E-state index >= 15 is 0 Å². The minimum atomic E-state index is -0.250. The van der Waals surface area contributed by atoms with Crippen molar-refractivity contribution in [1.82, 2.24) is 14.9 Å². The second-order valence-corrected chi connectivity index (χ2v) is 6.06. The van der Waals surface area contributed by atoms with Crippen LogP contribution in [0.2, 0.25) is 0 Å². The highest BCUT2D eigenvalue weighted by Crippen LogP contribution is 2.37. The van der Waals surface area contributed by atoms with E-state index in [1.54, 1.807) is 30.6 Å². The lowest BCUT2D eigenvalue weighted by atomic mass is 9.86. The van der Waals surface area contributed by atoms with Gasteiger partial charge >= 0.3 is 0 Å². The largest absolute Gasteiger partial charge is 0.347 e. The third-order valence-corrected chi connectivity index (χ3v) is 4.63. The van der Waals surface area contributed by atoms with Gasteiger partial charge in [-0.05, 0) is 30.7 Å². The standard InChI is InChI=1S/C17H16FN5/c18-15-4-2-5-20-16(15)11-22-9-13-7-14(10-22)23(13)17-12(8-19)3-1-6-21-17/h1-6,13-14H,7,9-11H2. The first kappa shape index (κ1) is 14.1. The highest BCUT2D eigenvalue weighted by atomic mass is 19.1. The van der Waals surface area contributed by atoms with Crippen LogP contribution >= 0.6 is 0 Å². The molecule has 2 unspecified atom stereocenters. The summed E-state index contributed by atoms with van der Waals surface area (Å²) in [6.45, 7) is 2.21. The quantitative estimate of drug-likeness (QED) is 0.867. The number of nitrogens with zero attached hydrogens (tertiary/aromatic N) is 5. The Morgan fingerprint density at radius 3 is 2.65 bits per heavy atom. The lowest BCUT2D eigenvalue weighted by Crippen LogP contribution is -2.69. The maximum Gasteiger partial charge on any atom is 0.147 e. The number of hydrogen-bond donors (Lipinski definition) is 0. The number of fused-ring (bicyclic) bond motifs is 2. The minimum absolute atomic E-state index is 0.250. The average Bonchev–Trinajstić information content (AvgIpc) is 2.57. The molecule has 0 aliphatic carbocycles. The zero-order chi connectivity index (χ0) is 15.8. The number of piperidine rings is 1. The number of anilines is 1. The molecule has 2 aromatic rings. The Hall–Kier alpha value is -2.52. The van der Waals surface area contributed by atoms with E-state index in [-0.39, 0.29) is 5.82 Å². The number of nitriles is 1. The molecule has 2 bridgehead atoms. The summed E-state index contributed by atoms with van der Waals surface area (Å²) >= 11 is 0. The van der Waals surface area contributed by atoms with Crippen LogP contribution in [0.15, 0.2) is 36.7 Å². The summed E-state index contributed by atoms with van der Waals surface area (Å²) in [6.07, 6.45) is 4.45. The van der Waals surface area contributed by atoms with Crippen molar-refractivity contribution in [3.05, 3.63) is 53.7 Å². The fourth-order valence-electron chi connectivity index (χ4n) is 3.61. The van der Waals surface area contributed by atoms with Crippen LogP contribution in [0.1, 0.15) is 17.7 Å². The number of halogens is 1. The van der Waals surface area contributed by atoms with Crippen molar-refractivity contribution in [1.29, 1.82) is 5.26 Å². The van der Waals surface area contributed by atoms with Crippen molar-refractivity contribution in [3.8, 4) is 6.07 Å². The van der Waals surface area contributed by atoms with Crippen LogP contribution in [-0.4, -0.2) is 40.0 Å². The molecule has 0 spiro atoms. The molecule has 3 aliphatic rings. The fourth-order valence-corrected chi connectivity index (χ4v) is 3.61. The van der Waals surface area contributed by atoms with E-state index in [1.165, 1.54) is 6.07 Å². The molecule has 0 aromatic carbocycles. The Morgan fingerprint density at radius 1 is 1.17 bits per heavy atom. The van der Waals surface area contributed by atoms with Gasteiger partial charge in [-0.3, -0.25) is 9.88 Å². The van der Waals surface area contributed by atoms with Crippen LogP contribution in [0, 0.1) is 17.1 Å². The summed E-state index contributed by atoms with van der Waals surface area (Å²) in [4.78, 5) is 13.0. The van der Waals surface area contributed by atoms with Gasteiger partial charge < -0.3 is 4.90 Å². The van der Waals surface area contributed by atoms with Crippen LogP contribution in [0.3, 0.4) is 0 Å². The third kappa shape index (κ3) is 2.43. The van der Waals surface area contributed by atoms with Crippen molar-refractivity contribution in [2.45, 2.75) is 25.0 Å². The number of piperazine rings is 1. The monoisotopic (exact) mass is 309 g/mol. The summed E-state index contributed by atoms with van der Waals surface area (Å²) < 4.78 is 13.7. The van der Waals surface area contributed by atoms with Crippen LogP contribution in [-0.2, 0) is 6.54 Å². The molecule has 5 heterocycles. The predicted molar refractivity (Wildman–Crippen MR) is 83.1 cm³/mol. The van der Waals surface area contributed by atoms with Gasteiger partial charge in [-0.2, -0.15) is 5.26 Å². The van der Waals surface area contributed by atoms with E-state index < -0.39 is 0 Å². The van der Waals surface area contributed by atoms with Crippen LogP contribution in [0.5, 0.6) is 0 Å². The normalized spacial score (nSPS) is 23.2. The Labute approximate surface area is 134 Å². The van der Waals surface area contributed by atoms with Gasteiger partial charge in [0.1, 0.15) is 17.7 Å². The smallest absolute Gasteiger partial charge is 0.147 e. The number of aromatic nitrogens is 2. The van der Waals surface area contributed by atoms with Gasteiger partial charge in [-0.15, -0.1) is 0 Å². The molecular weight excluding hydrogens is 293 g/mol. The Bertz CT molecular complexity index is 760. The van der Waals surface area contributed by atoms with Crippen molar-refractivity contribution >= 4 is 5.82 Å². The first-order valence-electron chi connectivity index (χ1n) is 7.71. The molecule has 3 fully saturated rings. The van der Waals surface area contributed by atoms with E-state index in [1.807, 2.05) is 0 Å². The van der Waals surface area contributed by atoms with Gasteiger partial charge in [-0.25, -0.2) is 9.37 Å². The molecule has 23 heavy (non-hydrogen) atoms. The average molecular weight is 309 g/mol. The number of hydrogen-bond acceptors (Lipinski definition) is 5. The number of pyridine rings is 2. The van der Waals surface area contributed by atoms with Crippen molar-refractivity contribution < 1.29 is 4.39 Å². The molecule has 5 nitrogen and oxygen atoms in total. The van der Waals surface area contributed by atoms with E-state index in [0.29, 0.717) is 29.9 Å². The summed E-state index contributed by atoms with van der Waals surface area (Å²) in [5, 5.41) is 9.25. The van der Waals surface area contributed by atoms with Crippen LogP contribution in [0.25, 0.3) is 0 Å². The fraction of sp³-hybridized carbons (Fsp3) is 0.353. The number of rotatable bonds is 3. The summed E-state index contributed by atoms with van der Waals surface area (Å²) in [6, 6.07) is 9.54. The molecule has 2 aromatic heterocycles. The molecular formula is C17H16FN5. The first-order chi connectivity index (χ1) is 11.3. The molecule has 3 saturated heterocycles. The summed E-state index contributed by atoms with van der Waals surface area (Å²) in [5.74, 6) is 0.528. The third-order valence-electron chi connectivity index (χ3n) is 4.63. The van der Waals surface area contributed by atoms with Crippen LogP contribution in [0.4, 0.5) is 10.2 Å². The van der Waals surface area contributed by atoms with Gasteiger partial charge in [-0.1, -0.05) is 0 Å². The molecule has 3 aliphatic heterocycles. The van der Waals surface area contributed by atoms with Crippen LogP contribution < -0.4 is 4.90 Å². The van der Waals surface area contributed by atoms with Crippen molar-refractivity contribution in [3.63, 3.8) is 0 Å². The Morgan fingerprint density at radius 2 is 1.91 bits per heavy atom. The molecule has 0 radical (unpaired) electrons. The van der Waals surface area contributed by atoms with Gasteiger partial charge in [0.2, 0.25) is 0 Å². The topological polar surface area (TPSA) is 56.1 Å². The second kappa shape index (κ2) is 5.60. The highest BCUT2D eigenvalue weighted by molar-refractivity contribution is 5.57. The van der Waals surface area contributed by atoms with Gasteiger partial charge in [0, 0.05) is 44.1 Å². The SMILES string of the molecule is N#Cc1cccnc1N1C2CC1CN(Cc1ncccc1F)C2. The molecule has 116 valence electrons. The maximum atomic E-state index is 13.7. The minimum Gasteiger partial charge on any atom is -0.347 e. The summed E-state index contributed by atoms with van der Waals surface area (Å²) in [7, 11) is 0. The zero-order valence-electron chi connectivity index (χ0n) is 12.6. The molecule has 2 atom stereocenters. The van der Waals surface area contributed by atoms with Crippen molar-refractivity contribution in [2.75, 3.05) is 18.0 Å². The lowest BCUT2D eigenvalue weighted by molar-refractivity contribution is 0.105. The van der Waals surface area contributed by atoms with E-state index in [2.05, 4.69) is 25.8 Å². The maximum absolute atomic E-state index is 13.7. The summed E-state index contributed by atoms with van der Waals surface area (Å²) in [5.41, 5.74) is 1.11. The lowest BCUT2D eigenvalue weighted by Gasteiger charge is -2.57. The Balaban J connectivity index is 1.49. The molecule has 6 heteroatoms. The van der Waals surface area contributed by atoms with Gasteiger partial charge in [0.25, 0.3) is 0 Å². The zero-order valence-corrected chi connectivity index (χ0v) is 12.6. The van der Waals surface area contributed by atoms with Crippen molar-refractivity contribution in [2.24, 2.45) is 0 Å². The van der Waals surface area contributed by atoms with Gasteiger partial charge in [0.05, 0.1) is 11.3 Å². The predicted octanol–water partition coefficient (Wildman–Crippen LogP) is 1.95. The second-order valence-electron chi connectivity index (χ2n) is 6.06. The van der Waals surface area contributed by atoms with E-state index in [9.17, 15) is 9.65 Å². The molecule has 5 rings (SSSR count). The molecule has 0 N–H and O–H groups in total. The first-order valence-corrected chi connectivity index (χ1v) is 7.71. The van der Waals surface area contributed by atoms with E-state index in [0.717, 1.165) is 25.3 Å². The molecule has 0 saturated carbocycles.